The van der Waals surface area contributed by atoms with E-state index in [1.807, 2.05) is 44.2 Å². The summed E-state index contributed by atoms with van der Waals surface area (Å²) in [6.07, 6.45) is -0.235. The molecule has 2 rings (SSSR count). The number of nitrogens with one attached hydrogen (secondary N) is 1. The number of esters is 1. The molecule has 1 amide bonds. The van der Waals surface area contributed by atoms with Gasteiger partial charge in [0.05, 0.1) is 10.8 Å². The van der Waals surface area contributed by atoms with Gasteiger partial charge in [-0.1, -0.05) is 50.6 Å². The molecule has 0 aliphatic carbocycles. The lowest BCUT2D eigenvalue weighted by Gasteiger charge is -2.23. The molecule has 29 heavy (non-hydrogen) atoms. The van der Waals surface area contributed by atoms with Crippen LogP contribution in [0, 0.1) is 5.92 Å². The van der Waals surface area contributed by atoms with E-state index in [1.165, 1.54) is 31.2 Å². The lowest BCUT2D eigenvalue weighted by Crippen LogP contribution is -2.33. The second-order valence-electron chi connectivity index (χ2n) is 6.91. The van der Waals surface area contributed by atoms with Crippen LogP contribution >= 0.6 is 0 Å². The fourth-order valence-corrected chi connectivity index (χ4v) is 3.38. The fraction of sp³-hybridized carbons (Fsp3) is 0.333. The standard InChI is InChI=1S/C21H26N2O5S/c1-4-14(2)19(16-8-6-5-7-9-16)21(25)28-15(3)20(24)23-17-10-12-18(13-11-17)29(22,26)27/h5-15,19H,4H2,1-3H3,(H,23,24)(H2,22,26,27)/t14-,15-,19-/m0/s1. The Kier molecular flexibility index (Phi) is 7.53. The number of nitrogens with two attached hydrogens (primary N) is 1. The largest absolute Gasteiger partial charge is 0.452 e. The van der Waals surface area contributed by atoms with Crippen molar-refractivity contribution in [1.82, 2.24) is 0 Å². The second kappa shape index (κ2) is 9.67. The number of primary sulfonamides is 1. The molecule has 3 atom stereocenters. The molecule has 3 N–H and O–H groups in total. The van der Waals surface area contributed by atoms with Gasteiger partial charge in [0, 0.05) is 5.69 Å². The van der Waals surface area contributed by atoms with Gasteiger partial charge in [-0.3, -0.25) is 9.59 Å². The predicted octanol–water partition coefficient (Wildman–Crippen LogP) is 3.03. The number of ether oxygens (including phenoxy) is 1. The first-order valence-corrected chi connectivity index (χ1v) is 10.9. The summed E-state index contributed by atoms with van der Waals surface area (Å²) in [5, 5.41) is 7.65. The number of sulfonamides is 1. The van der Waals surface area contributed by atoms with Gasteiger partial charge in [0.15, 0.2) is 6.10 Å². The van der Waals surface area contributed by atoms with E-state index < -0.39 is 33.9 Å². The zero-order chi connectivity index (χ0) is 21.6. The third-order valence-electron chi connectivity index (χ3n) is 4.74. The summed E-state index contributed by atoms with van der Waals surface area (Å²) in [7, 11) is -3.81. The van der Waals surface area contributed by atoms with E-state index in [-0.39, 0.29) is 10.8 Å². The van der Waals surface area contributed by atoms with Crippen LogP contribution in [0.1, 0.15) is 38.7 Å². The number of rotatable bonds is 8. The normalized spacial score (nSPS) is 14.5. The lowest BCUT2D eigenvalue weighted by atomic mass is 9.85. The van der Waals surface area contributed by atoms with E-state index in [0.717, 1.165) is 12.0 Å². The molecule has 7 nitrogen and oxygen atoms in total. The summed E-state index contributed by atoms with van der Waals surface area (Å²) >= 11 is 0. The first-order chi connectivity index (χ1) is 13.6. The van der Waals surface area contributed by atoms with Crippen molar-refractivity contribution in [3.63, 3.8) is 0 Å². The van der Waals surface area contributed by atoms with Crippen LogP contribution in [0.3, 0.4) is 0 Å². The summed E-state index contributed by atoms with van der Waals surface area (Å²) in [6, 6.07) is 14.7. The molecule has 2 aromatic rings. The summed E-state index contributed by atoms with van der Waals surface area (Å²) in [5.74, 6) is -1.40. The number of carbonyl (C=O) groups is 2. The summed E-state index contributed by atoms with van der Waals surface area (Å²) in [4.78, 5) is 25.1. The minimum Gasteiger partial charge on any atom is -0.452 e. The molecule has 0 saturated heterocycles. The first kappa shape index (κ1) is 22.6. The van der Waals surface area contributed by atoms with Crippen LogP contribution in [-0.4, -0.2) is 26.4 Å². The molecule has 0 radical (unpaired) electrons. The predicted molar refractivity (Wildman–Crippen MR) is 111 cm³/mol. The van der Waals surface area contributed by atoms with Crippen LogP contribution in [0.5, 0.6) is 0 Å². The molecule has 8 heteroatoms. The van der Waals surface area contributed by atoms with Gasteiger partial charge >= 0.3 is 5.97 Å². The van der Waals surface area contributed by atoms with Gasteiger partial charge in [0.1, 0.15) is 0 Å². The monoisotopic (exact) mass is 418 g/mol. The van der Waals surface area contributed by atoms with Crippen LogP contribution in [0.25, 0.3) is 0 Å². The molecule has 156 valence electrons. The molecule has 0 bridgehead atoms. The van der Waals surface area contributed by atoms with Crippen molar-refractivity contribution in [1.29, 1.82) is 0 Å². The molecule has 0 aliphatic rings. The van der Waals surface area contributed by atoms with Crippen molar-refractivity contribution in [2.75, 3.05) is 5.32 Å². The van der Waals surface area contributed by atoms with E-state index in [9.17, 15) is 18.0 Å². The molecule has 0 aromatic heterocycles. The van der Waals surface area contributed by atoms with Crippen LogP contribution < -0.4 is 10.5 Å². The quantitative estimate of drug-likeness (QED) is 0.639. The van der Waals surface area contributed by atoms with E-state index in [0.29, 0.717) is 5.69 Å². The summed E-state index contributed by atoms with van der Waals surface area (Å²) in [5.41, 5.74) is 1.21. The van der Waals surface area contributed by atoms with Crippen molar-refractivity contribution in [3.05, 3.63) is 60.2 Å². The summed E-state index contributed by atoms with van der Waals surface area (Å²) in [6.45, 7) is 5.45. The number of anilines is 1. The molecule has 0 spiro atoms. The average Bonchev–Trinajstić information content (AvgIpc) is 2.68. The van der Waals surface area contributed by atoms with Gasteiger partial charge in [-0.15, -0.1) is 0 Å². The zero-order valence-electron chi connectivity index (χ0n) is 16.7. The van der Waals surface area contributed by atoms with Crippen LogP contribution in [0.2, 0.25) is 0 Å². The minimum absolute atomic E-state index is 0.0471. The SMILES string of the molecule is CC[C@H](C)[C@H](C(=O)O[C@@H](C)C(=O)Nc1ccc(S(N)(=O)=O)cc1)c1ccccc1. The maximum Gasteiger partial charge on any atom is 0.314 e. The highest BCUT2D eigenvalue weighted by molar-refractivity contribution is 7.89. The number of hydrogen-bond acceptors (Lipinski definition) is 5. The third-order valence-corrected chi connectivity index (χ3v) is 5.67. The van der Waals surface area contributed by atoms with Crippen molar-refractivity contribution in [3.8, 4) is 0 Å². The van der Waals surface area contributed by atoms with E-state index >= 15 is 0 Å². The third kappa shape index (κ3) is 6.13. The molecule has 0 aliphatic heterocycles. The lowest BCUT2D eigenvalue weighted by molar-refractivity contribution is -0.155. The summed E-state index contributed by atoms with van der Waals surface area (Å²) < 4.78 is 28.0. The van der Waals surface area contributed by atoms with Gasteiger partial charge in [0.25, 0.3) is 5.91 Å². The highest BCUT2D eigenvalue weighted by Crippen LogP contribution is 2.28. The van der Waals surface area contributed by atoms with Gasteiger partial charge in [-0.05, 0) is 42.7 Å². The number of amides is 1. The van der Waals surface area contributed by atoms with E-state index in [4.69, 9.17) is 9.88 Å². The zero-order valence-corrected chi connectivity index (χ0v) is 17.5. The van der Waals surface area contributed by atoms with Gasteiger partial charge < -0.3 is 10.1 Å². The number of carbonyl (C=O) groups excluding carboxylic acids is 2. The number of benzene rings is 2. The molecular weight excluding hydrogens is 392 g/mol. The topological polar surface area (TPSA) is 116 Å². The highest BCUT2D eigenvalue weighted by atomic mass is 32.2. The molecule has 0 fully saturated rings. The van der Waals surface area contributed by atoms with Crippen LogP contribution in [-0.2, 0) is 24.3 Å². The van der Waals surface area contributed by atoms with Crippen LogP contribution in [0.15, 0.2) is 59.5 Å². The Morgan fingerprint density at radius 3 is 2.14 bits per heavy atom. The van der Waals surface area contributed by atoms with Gasteiger partial charge in [-0.2, -0.15) is 0 Å². The molecule has 2 aromatic carbocycles. The molecule has 0 heterocycles. The Balaban J connectivity index is 2.06. The van der Waals surface area contributed by atoms with Crippen molar-refractivity contribution < 1.29 is 22.7 Å². The Labute approximate surface area is 171 Å². The Morgan fingerprint density at radius 1 is 1.03 bits per heavy atom. The van der Waals surface area contributed by atoms with Crippen molar-refractivity contribution in [2.24, 2.45) is 11.1 Å². The van der Waals surface area contributed by atoms with Crippen molar-refractivity contribution >= 4 is 27.6 Å². The maximum atomic E-state index is 12.8. The average molecular weight is 419 g/mol. The Morgan fingerprint density at radius 2 is 1.62 bits per heavy atom. The fourth-order valence-electron chi connectivity index (χ4n) is 2.87. The van der Waals surface area contributed by atoms with Crippen LogP contribution in [0.4, 0.5) is 5.69 Å². The van der Waals surface area contributed by atoms with Crippen molar-refractivity contribution in [2.45, 2.75) is 44.1 Å². The smallest absolute Gasteiger partial charge is 0.314 e. The minimum atomic E-state index is -3.81. The molecule has 0 saturated carbocycles. The van der Waals surface area contributed by atoms with Gasteiger partial charge in [-0.25, -0.2) is 13.6 Å². The van der Waals surface area contributed by atoms with E-state index in [1.54, 1.807) is 0 Å². The second-order valence-corrected chi connectivity index (χ2v) is 8.47. The Hall–Kier alpha value is -2.71. The molecular formula is C21H26N2O5S. The molecule has 0 unspecified atom stereocenters. The van der Waals surface area contributed by atoms with E-state index in [2.05, 4.69) is 5.32 Å². The Bertz CT molecular complexity index is 943. The first-order valence-electron chi connectivity index (χ1n) is 9.32. The maximum absolute atomic E-state index is 12.8. The van der Waals surface area contributed by atoms with Gasteiger partial charge in [0.2, 0.25) is 10.0 Å². The number of hydrogen-bond donors (Lipinski definition) is 2. The highest BCUT2D eigenvalue weighted by Gasteiger charge is 2.30.